The molecule has 0 saturated heterocycles. The summed E-state index contributed by atoms with van der Waals surface area (Å²) in [6, 6.07) is 9.76. The molecule has 1 fully saturated rings. The Labute approximate surface area is 252 Å². The average molecular weight is 603 g/mol. The number of hydrogen-bond acceptors (Lipinski definition) is 7. The zero-order chi connectivity index (χ0) is 31.0. The second kappa shape index (κ2) is 9.96. The molecule has 12 heteroatoms. The highest BCUT2D eigenvalue weighted by Gasteiger charge is 2.46. The van der Waals surface area contributed by atoms with E-state index >= 15 is 0 Å². The number of carbonyl (C=O) groups excluding carboxylic acids is 2. The van der Waals surface area contributed by atoms with E-state index in [0.29, 0.717) is 29.2 Å². The van der Waals surface area contributed by atoms with Gasteiger partial charge < -0.3 is 24.3 Å². The van der Waals surface area contributed by atoms with Crippen molar-refractivity contribution in [3.63, 3.8) is 0 Å². The summed E-state index contributed by atoms with van der Waals surface area (Å²) < 4.78 is 39.3. The molecule has 4 aromatic rings. The van der Waals surface area contributed by atoms with E-state index in [1.807, 2.05) is 43.5 Å². The van der Waals surface area contributed by atoms with E-state index in [1.54, 1.807) is 36.5 Å². The van der Waals surface area contributed by atoms with Gasteiger partial charge in [-0.3, -0.25) is 4.79 Å². The standard InChI is InChI=1S/C32H32F2N6O4/c1-31(2,3)44-30(42)38-32(11-6-12-32)28-35-15-18(16-36-28)17-9-10-20-21(13-17)40-22-14-23(26(40)37-20)39(4)27(41)19-7-5-8-24(25(19)22)43-29(33)34/h5,7-10,13,15-16,22-23,29H,6,11-12,14H2,1-4H3,(H,38,42)/t22-,23?/m1/s1. The van der Waals surface area contributed by atoms with Gasteiger partial charge >= 0.3 is 12.7 Å². The normalized spacial score (nSPS) is 20.2. The lowest BCUT2D eigenvalue weighted by Crippen LogP contribution is -2.53. The van der Waals surface area contributed by atoms with Gasteiger partial charge in [-0.15, -0.1) is 0 Å². The van der Waals surface area contributed by atoms with Gasteiger partial charge in [-0.1, -0.05) is 12.1 Å². The predicted octanol–water partition coefficient (Wildman–Crippen LogP) is 6.12. The van der Waals surface area contributed by atoms with Crippen LogP contribution in [0.15, 0.2) is 48.8 Å². The van der Waals surface area contributed by atoms with Gasteiger partial charge in [-0.05, 0) is 69.9 Å². The zero-order valence-corrected chi connectivity index (χ0v) is 24.8. The molecular weight excluding hydrogens is 570 g/mol. The Morgan fingerprint density at radius 3 is 2.50 bits per heavy atom. The molecule has 3 aliphatic rings. The number of alkyl halides is 2. The van der Waals surface area contributed by atoms with Crippen LogP contribution >= 0.6 is 0 Å². The van der Waals surface area contributed by atoms with Gasteiger partial charge in [-0.2, -0.15) is 8.78 Å². The molecule has 2 aliphatic heterocycles. The van der Waals surface area contributed by atoms with Crippen molar-refractivity contribution >= 4 is 23.0 Å². The molecule has 1 N–H and O–H groups in total. The van der Waals surface area contributed by atoms with E-state index < -0.39 is 29.9 Å². The Balaban J connectivity index is 1.25. The van der Waals surface area contributed by atoms with Gasteiger partial charge in [-0.25, -0.2) is 19.7 Å². The summed E-state index contributed by atoms with van der Waals surface area (Å²) in [7, 11) is 1.71. The fourth-order valence-corrected chi connectivity index (χ4v) is 6.62. The lowest BCUT2D eigenvalue weighted by molar-refractivity contribution is -0.0507. The van der Waals surface area contributed by atoms with Crippen LogP contribution < -0.4 is 10.1 Å². The maximum Gasteiger partial charge on any atom is 0.408 e. The van der Waals surface area contributed by atoms with Crippen LogP contribution in [-0.2, 0) is 10.3 Å². The number of carbonyl (C=O) groups is 2. The third kappa shape index (κ3) is 4.54. The number of imidazole rings is 1. The Kier molecular flexibility index (Phi) is 6.38. The molecule has 2 aromatic heterocycles. The Morgan fingerprint density at radius 2 is 1.84 bits per heavy atom. The molecule has 1 unspecified atom stereocenters. The Bertz CT molecular complexity index is 1800. The van der Waals surface area contributed by atoms with E-state index in [9.17, 15) is 18.4 Å². The molecule has 4 heterocycles. The molecule has 0 spiro atoms. The number of hydrogen-bond donors (Lipinski definition) is 1. The molecule has 2 atom stereocenters. The zero-order valence-electron chi connectivity index (χ0n) is 24.8. The number of nitrogens with one attached hydrogen (secondary N) is 1. The summed E-state index contributed by atoms with van der Waals surface area (Å²) in [5, 5.41) is 2.99. The number of aromatic nitrogens is 4. The number of rotatable bonds is 5. The van der Waals surface area contributed by atoms with Crippen molar-refractivity contribution < 1.29 is 27.8 Å². The Hall–Kier alpha value is -4.61. The van der Waals surface area contributed by atoms with Gasteiger partial charge in [0.15, 0.2) is 5.82 Å². The number of halogens is 2. The number of amides is 2. The van der Waals surface area contributed by atoms with Crippen LogP contribution in [0.2, 0.25) is 0 Å². The highest BCUT2D eigenvalue weighted by Crippen LogP contribution is 2.50. The summed E-state index contributed by atoms with van der Waals surface area (Å²) in [4.78, 5) is 41.7. The van der Waals surface area contributed by atoms with Gasteiger partial charge in [0.1, 0.15) is 22.7 Å². The van der Waals surface area contributed by atoms with Crippen molar-refractivity contribution in [2.24, 2.45) is 0 Å². The molecule has 2 amide bonds. The number of fused-ring (bicyclic) bond motifs is 9. The number of ether oxygens (including phenoxy) is 2. The van der Waals surface area contributed by atoms with Gasteiger partial charge in [0.2, 0.25) is 0 Å². The van der Waals surface area contributed by atoms with Crippen molar-refractivity contribution in [3.8, 4) is 16.9 Å². The Morgan fingerprint density at radius 1 is 1.09 bits per heavy atom. The monoisotopic (exact) mass is 602 g/mol. The lowest BCUT2D eigenvalue weighted by atomic mass is 9.76. The van der Waals surface area contributed by atoms with E-state index in [2.05, 4.69) is 15.3 Å². The van der Waals surface area contributed by atoms with Crippen molar-refractivity contribution in [3.05, 3.63) is 71.6 Å². The highest BCUT2D eigenvalue weighted by atomic mass is 19.3. The van der Waals surface area contributed by atoms with Crippen LogP contribution in [0.4, 0.5) is 13.6 Å². The van der Waals surface area contributed by atoms with Crippen molar-refractivity contribution in [1.82, 2.24) is 29.7 Å². The fraction of sp³-hybridized carbons (Fsp3) is 0.406. The minimum Gasteiger partial charge on any atom is -0.444 e. The largest absolute Gasteiger partial charge is 0.444 e. The topological polar surface area (TPSA) is 111 Å². The maximum absolute atomic E-state index is 13.4. The van der Waals surface area contributed by atoms with E-state index in [1.165, 1.54) is 6.07 Å². The first-order valence-corrected chi connectivity index (χ1v) is 14.6. The first kappa shape index (κ1) is 28.2. The number of alkyl carbamates (subject to hydrolysis) is 1. The predicted molar refractivity (Wildman–Crippen MR) is 156 cm³/mol. The van der Waals surface area contributed by atoms with Gasteiger partial charge in [0, 0.05) is 42.6 Å². The molecule has 0 radical (unpaired) electrons. The van der Waals surface area contributed by atoms with Crippen molar-refractivity contribution in [1.29, 1.82) is 0 Å². The van der Waals surface area contributed by atoms with Gasteiger partial charge in [0.05, 0.1) is 23.1 Å². The lowest BCUT2D eigenvalue weighted by Gasteiger charge is -2.41. The second-order valence-corrected chi connectivity index (χ2v) is 12.7. The molecule has 228 valence electrons. The van der Waals surface area contributed by atoms with Crippen LogP contribution in [-0.4, -0.2) is 55.7 Å². The molecule has 10 nitrogen and oxygen atoms in total. The van der Waals surface area contributed by atoms with E-state index in [-0.39, 0.29) is 17.7 Å². The summed E-state index contributed by atoms with van der Waals surface area (Å²) in [6.07, 6.45) is 5.85. The molecule has 1 saturated carbocycles. The minimum atomic E-state index is -3.03. The van der Waals surface area contributed by atoms with Crippen molar-refractivity contribution in [2.75, 3.05) is 7.05 Å². The highest BCUT2D eigenvalue weighted by molar-refractivity contribution is 5.98. The smallest absolute Gasteiger partial charge is 0.408 e. The summed E-state index contributed by atoms with van der Waals surface area (Å²) >= 11 is 0. The first-order chi connectivity index (χ1) is 20.9. The molecule has 44 heavy (non-hydrogen) atoms. The molecule has 2 aromatic carbocycles. The first-order valence-electron chi connectivity index (χ1n) is 14.6. The maximum atomic E-state index is 13.4. The third-order valence-corrected chi connectivity index (χ3v) is 8.77. The van der Waals surface area contributed by atoms with E-state index in [0.717, 1.165) is 41.4 Å². The quantitative estimate of drug-likeness (QED) is 0.293. The van der Waals surface area contributed by atoms with E-state index in [4.69, 9.17) is 14.5 Å². The number of nitrogens with zero attached hydrogens (tertiary/aromatic N) is 5. The molecule has 2 bridgehead atoms. The minimum absolute atomic E-state index is 0.00958. The van der Waals surface area contributed by atoms with Crippen molar-refractivity contribution in [2.45, 2.75) is 76.3 Å². The fourth-order valence-electron chi connectivity index (χ4n) is 6.62. The number of benzene rings is 2. The van der Waals surface area contributed by atoms with Crippen LogP contribution in [0.5, 0.6) is 5.75 Å². The summed E-state index contributed by atoms with van der Waals surface area (Å²) in [5.41, 5.74) is 2.64. The van der Waals surface area contributed by atoms with Crippen LogP contribution in [0.1, 0.15) is 86.1 Å². The van der Waals surface area contributed by atoms with Crippen LogP contribution in [0, 0.1) is 0 Å². The SMILES string of the molecule is CN1C(=O)c2cccc(OC(F)F)c2[C@H]2CC1c1nc3ccc(-c4cnc(C5(NC(=O)OC(C)(C)C)CCC5)nc4)cc3n12. The summed E-state index contributed by atoms with van der Waals surface area (Å²) in [5.74, 6) is 0.964. The second-order valence-electron chi connectivity index (χ2n) is 12.7. The average Bonchev–Trinajstić information content (AvgIpc) is 3.47. The summed E-state index contributed by atoms with van der Waals surface area (Å²) in [6.45, 7) is 2.43. The van der Waals surface area contributed by atoms with Crippen LogP contribution in [0.25, 0.3) is 22.2 Å². The molecule has 1 aliphatic carbocycles. The van der Waals surface area contributed by atoms with Crippen LogP contribution in [0.3, 0.4) is 0 Å². The third-order valence-electron chi connectivity index (χ3n) is 8.77. The van der Waals surface area contributed by atoms with Gasteiger partial charge in [0.25, 0.3) is 5.91 Å². The molecule has 7 rings (SSSR count). The molecular formula is C32H32F2N6O4.